The third-order valence-electron chi connectivity index (χ3n) is 3.16. The molecular formula is C16H15F4N. The lowest BCUT2D eigenvalue weighted by Gasteiger charge is -2.16. The van der Waals surface area contributed by atoms with Crippen molar-refractivity contribution in [3.63, 3.8) is 0 Å². The number of rotatable bonds is 4. The van der Waals surface area contributed by atoms with Crippen molar-refractivity contribution in [3.05, 3.63) is 59.4 Å². The Kier molecular flexibility index (Phi) is 4.63. The van der Waals surface area contributed by atoms with Crippen LogP contribution in [0.1, 0.15) is 18.1 Å². The van der Waals surface area contributed by atoms with Crippen molar-refractivity contribution in [1.82, 2.24) is 5.32 Å². The first-order valence-corrected chi connectivity index (χ1v) is 6.59. The van der Waals surface area contributed by atoms with Gasteiger partial charge in [0, 0.05) is 6.54 Å². The van der Waals surface area contributed by atoms with E-state index in [9.17, 15) is 17.6 Å². The lowest BCUT2D eigenvalue weighted by atomic mass is 9.95. The van der Waals surface area contributed by atoms with Crippen LogP contribution in [0.15, 0.2) is 42.5 Å². The van der Waals surface area contributed by atoms with Gasteiger partial charge < -0.3 is 5.32 Å². The van der Waals surface area contributed by atoms with Crippen molar-refractivity contribution in [1.29, 1.82) is 0 Å². The summed E-state index contributed by atoms with van der Waals surface area (Å²) in [4.78, 5) is 0. The minimum absolute atomic E-state index is 0.00240. The summed E-state index contributed by atoms with van der Waals surface area (Å²) in [6.07, 6.45) is -4.47. The second-order valence-electron chi connectivity index (χ2n) is 4.63. The topological polar surface area (TPSA) is 12.0 Å². The molecule has 0 bridgehead atoms. The minimum Gasteiger partial charge on any atom is -0.313 e. The zero-order valence-electron chi connectivity index (χ0n) is 11.5. The second kappa shape index (κ2) is 6.26. The molecule has 0 saturated heterocycles. The second-order valence-corrected chi connectivity index (χ2v) is 4.63. The van der Waals surface area contributed by atoms with Crippen molar-refractivity contribution < 1.29 is 17.6 Å². The Hall–Kier alpha value is -1.88. The molecule has 0 fully saturated rings. The van der Waals surface area contributed by atoms with Crippen LogP contribution in [-0.4, -0.2) is 6.54 Å². The molecule has 2 aromatic rings. The molecule has 0 aliphatic carbocycles. The van der Waals surface area contributed by atoms with Gasteiger partial charge in [-0.05, 0) is 41.4 Å². The highest BCUT2D eigenvalue weighted by atomic mass is 19.4. The van der Waals surface area contributed by atoms with Gasteiger partial charge in [-0.3, -0.25) is 0 Å². The average molecular weight is 297 g/mol. The Morgan fingerprint density at radius 1 is 1.00 bits per heavy atom. The number of halogens is 4. The molecule has 0 aliphatic rings. The summed E-state index contributed by atoms with van der Waals surface area (Å²) in [6.45, 7) is 2.96. The molecule has 0 spiro atoms. The van der Waals surface area contributed by atoms with E-state index in [0.717, 1.165) is 12.1 Å². The van der Waals surface area contributed by atoms with Crippen molar-refractivity contribution in [3.8, 4) is 11.1 Å². The van der Waals surface area contributed by atoms with Crippen LogP contribution in [0.2, 0.25) is 0 Å². The summed E-state index contributed by atoms with van der Waals surface area (Å²) in [5, 5.41) is 3.05. The summed E-state index contributed by atoms with van der Waals surface area (Å²) in [5.41, 5.74) is 0.143. The third kappa shape index (κ3) is 3.61. The Labute approximate surface area is 120 Å². The number of benzene rings is 2. The molecule has 0 amide bonds. The monoisotopic (exact) mass is 297 g/mol. The summed E-state index contributed by atoms with van der Waals surface area (Å²) in [7, 11) is 0. The first-order chi connectivity index (χ1) is 9.93. The summed E-state index contributed by atoms with van der Waals surface area (Å²) in [5.74, 6) is -0.553. The number of alkyl halides is 3. The van der Waals surface area contributed by atoms with Crippen LogP contribution in [0.25, 0.3) is 11.1 Å². The van der Waals surface area contributed by atoms with E-state index in [1.54, 1.807) is 0 Å². The van der Waals surface area contributed by atoms with E-state index in [1.165, 1.54) is 30.3 Å². The van der Waals surface area contributed by atoms with Gasteiger partial charge in [0.2, 0.25) is 0 Å². The van der Waals surface area contributed by atoms with Crippen LogP contribution < -0.4 is 5.32 Å². The molecule has 1 nitrogen and oxygen atoms in total. The molecule has 112 valence electrons. The molecule has 0 radical (unpaired) electrons. The van der Waals surface area contributed by atoms with Gasteiger partial charge in [-0.25, -0.2) is 4.39 Å². The number of hydrogen-bond donors (Lipinski definition) is 1. The first-order valence-electron chi connectivity index (χ1n) is 6.59. The van der Waals surface area contributed by atoms with Crippen LogP contribution in [0.4, 0.5) is 17.6 Å². The fourth-order valence-corrected chi connectivity index (χ4v) is 2.18. The maximum atomic E-state index is 13.5. The van der Waals surface area contributed by atoms with Gasteiger partial charge >= 0.3 is 6.18 Å². The highest BCUT2D eigenvalue weighted by Gasteiger charge is 2.33. The van der Waals surface area contributed by atoms with E-state index in [2.05, 4.69) is 5.32 Å². The van der Waals surface area contributed by atoms with Gasteiger partial charge in [-0.2, -0.15) is 13.2 Å². The van der Waals surface area contributed by atoms with E-state index in [4.69, 9.17) is 0 Å². The van der Waals surface area contributed by atoms with Gasteiger partial charge in [0.05, 0.1) is 5.56 Å². The smallest absolute Gasteiger partial charge is 0.313 e. The van der Waals surface area contributed by atoms with Crippen molar-refractivity contribution in [2.45, 2.75) is 19.6 Å². The standard InChI is InChI=1S/C16H15F4N/c1-2-21-10-11-7-8-12(17)9-14(11)13-5-3-4-6-15(13)16(18,19)20/h3-9,21H,2,10H2,1H3. The van der Waals surface area contributed by atoms with Crippen molar-refractivity contribution in [2.75, 3.05) is 6.54 Å². The predicted molar refractivity (Wildman–Crippen MR) is 74.2 cm³/mol. The molecule has 0 aliphatic heterocycles. The lowest BCUT2D eigenvalue weighted by Crippen LogP contribution is -2.13. The molecule has 5 heteroatoms. The molecule has 0 unspecified atom stereocenters. The minimum atomic E-state index is -4.47. The maximum absolute atomic E-state index is 13.5. The van der Waals surface area contributed by atoms with Crippen molar-refractivity contribution in [2.24, 2.45) is 0 Å². The molecule has 2 rings (SSSR count). The number of hydrogen-bond acceptors (Lipinski definition) is 1. The molecule has 0 saturated carbocycles. The van der Waals surface area contributed by atoms with Gasteiger partial charge in [-0.15, -0.1) is 0 Å². The van der Waals surface area contributed by atoms with Crippen molar-refractivity contribution >= 4 is 0 Å². The van der Waals surface area contributed by atoms with E-state index in [1.807, 2.05) is 6.92 Å². The lowest BCUT2D eigenvalue weighted by molar-refractivity contribution is -0.137. The summed E-state index contributed by atoms with van der Waals surface area (Å²) >= 11 is 0. The van der Waals surface area contributed by atoms with Gasteiger partial charge in [0.1, 0.15) is 5.82 Å². The van der Waals surface area contributed by atoms with Crippen LogP contribution in [-0.2, 0) is 12.7 Å². The Morgan fingerprint density at radius 3 is 2.38 bits per heavy atom. The molecule has 1 N–H and O–H groups in total. The quantitative estimate of drug-likeness (QED) is 0.812. The fourth-order valence-electron chi connectivity index (χ4n) is 2.18. The van der Waals surface area contributed by atoms with E-state index in [0.29, 0.717) is 18.7 Å². The molecular weight excluding hydrogens is 282 g/mol. The van der Waals surface area contributed by atoms with Crippen LogP contribution >= 0.6 is 0 Å². The van der Waals surface area contributed by atoms with Gasteiger partial charge in [-0.1, -0.05) is 31.2 Å². The average Bonchev–Trinajstić information content (AvgIpc) is 2.45. The fraction of sp³-hybridized carbons (Fsp3) is 0.250. The SMILES string of the molecule is CCNCc1ccc(F)cc1-c1ccccc1C(F)(F)F. The normalized spacial score (nSPS) is 11.7. The van der Waals surface area contributed by atoms with Gasteiger partial charge in [0.25, 0.3) is 0 Å². The molecule has 0 heterocycles. The molecule has 21 heavy (non-hydrogen) atoms. The highest BCUT2D eigenvalue weighted by Crippen LogP contribution is 2.38. The number of nitrogens with one attached hydrogen (secondary N) is 1. The molecule has 0 atom stereocenters. The Balaban J connectivity index is 2.58. The van der Waals surface area contributed by atoms with Crippen LogP contribution in [0.3, 0.4) is 0 Å². The van der Waals surface area contributed by atoms with E-state index < -0.39 is 17.6 Å². The molecule has 2 aromatic carbocycles. The summed E-state index contributed by atoms with van der Waals surface area (Å²) < 4.78 is 52.8. The predicted octanol–water partition coefficient (Wildman–Crippen LogP) is 4.62. The highest BCUT2D eigenvalue weighted by molar-refractivity contribution is 5.71. The maximum Gasteiger partial charge on any atom is 0.417 e. The Morgan fingerprint density at radius 2 is 1.71 bits per heavy atom. The summed E-state index contributed by atoms with van der Waals surface area (Å²) in [6, 6.07) is 9.15. The van der Waals surface area contributed by atoms with Crippen LogP contribution in [0.5, 0.6) is 0 Å². The Bertz CT molecular complexity index is 620. The third-order valence-corrected chi connectivity index (χ3v) is 3.16. The molecule has 0 aromatic heterocycles. The zero-order valence-corrected chi connectivity index (χ0v) is 11.5. The van der Waals surface area contributed by atoms with E-state index >= 15 is 0 Å². The van der Waals surface area contributed by atoms with Crippen LogP contribution in [0, 0.1) is 5.82 Å². The zero-order chi connectivity index (χ0) is 15.5. The first kappa shape index (κ1) is 15.5. The van der Waals surface area contributed by atoms with Gasteiger partial charge in [0.15, 0.2) is 0 Å². The largest absolute Gasteiger partial charge is 0.417 e. The van der Waals surface area contributed by atoms with E-state index in [-0.39, 0.29) is 11.1 Å².